The Morgan fingerprint density at radius 2 is 1.11 bits per heavy atom. The lowest BCUT2D eigenvalue weighted by atomic mass is 9.44. The fourth-order valence-electron chi connectivity index (χ4n) is 12.7. The second kappa shape index (κ2) is 11.0. The Morgan fingerprint density at radius 3 is 1.92 bits per heavy atom. The molecule has 11 aromatic rings. The highest BCUT2D eigenvalue weighted by Crippen LogP contribution is 2.56. The topological polar surface area (TPSA) is 21.3 Å². The highest BCUT2D eigenvalue weighted by atomic mass is 16.3. The van der Waals surface area contributed by atoms with Crippen LogP contribution in [0.15, 0.2) is 168 Å². The number of aromatic nitrogens is 1. The number of nitrogens with zero attached hydrogens (tertiary/aromatic N) is 2. The molecule has 0 atom stereocenters. The summed E-state index contributed by atoms with van der Waals surface area (Å²) in [4.78, 5) is 2.59. The third kappa shape index (κ3) is 3.83. The zero-order chi connectivity index (χ0) is 41.0. The molecule has 2 aliphatic heterocycles. The van der Waals surface area contributed by atoms with Gasteiger partial charge in [-0.05, 0) is 114 Å². The van der Waals surface area contributed by atoms with Gasteiger partial charge in [-0.3, -0.25) is 0 Å². The summed E-state index contributed by atoms with van der Waals surface area (Å²) >= 11 is 0. The molecule has 0 radical (unpaired) electrons. The van der Waals surface area contributed by atoms with Crippen LogP contribution in [0.1, 0.15) is 49.9 Å². The van der Waals surface area contributed by atoms with Crippen LogP contribution < -0.4 is 15.8 Å². The van der Waals surface area contributed by atoms with Gasteiger partial charge in [0, 0.05) is 60.3 Å². The average molecular weight is 791 g/mol. The molecule has 0 saturated carbocycles. The van der Waals surface area contributed by atoms with Gasteiger partial charge in [-0.1, -0.05) is 149 Å². The molecule has 290 valence electrons. The van der Waals surface area contributed by atoms with Crippen molar-refractivity contribution >= 4 is 89.4 Å². The lowest BCUT2D eigenvalue weighted by Crippen LogP contribution is -2.57. The maximum absolute atomic E-state index is 7.19. The summed E-state index contributed by atoms with van der Waals surface area (Å²) in [5, 5.41) is 7.40. The molecule has 4 aliphatic rings. The minimum atomic E-state index is -0.169. The Bertz CT molecular complexity index is 3900. The molecule has 9 aromatic carbocycles. The van der Waals surface area contributed by atoms with Gasteiger partial charge >= 0.3 is 6.85 Å². The molecule has 4 heterocycles. The van der Waals surface area contributed by atoms with Gasteiger partial charge in [0.1, 0.15) is 5.58 Å². The van der Waals surface area contributed by atoms with Crippen molar-refractivity contribution < 1.29 is 4.42 Å². The standard InChI is InChI=1S/C58H39BN2O/c1-57(2)45-21-10-7-16-35(45)40-28-34(24-25-47(40)57)60-51-30-41-36-17-8-11-22-46(36)58(3,4)48(41)31-49(51)59-53-43(29-44-37-18-9-12-23-52(37)62-56(44)55(53)60)39-20-13-19-38-42-26-32-14-5-6-15-33(32)27-50(42)61(59)54(38)39/h5-31H,1-4H3. The van der Waals surface area contributed by atoms with E-state index in [0.717, 1.165) is 33.3 Å². The Labute approximate surface area is 359 Å². The van der Waals surface area contributed by atoms with E-state index in [2.05, 4.69) is 201 Å². The van der Waals surface area contributed by atoms with Crippen molar-refractivity contribution in [2.45, 2.75) is 38.5 Å². The fraction of sp³-hybridized carbons (Fsp3) is 0.103. The van der Waals surface area contributed by atoms with Crippen molar-refractivity contribution in [3.8, 4) is 33.4 Å². The molecular formula is C58H39BN2O. The van der Waals surface area contributed by atoms with Crippen molar-refractivity contribution in [3.63, 3.8) is 0 Å². The third-order valence-electron chi connectivity index (χ3n) is 15.5. The molecule has 0 saturated heterocycles. The van der Waals surface area contributed by atoms with Crippen LogP contribution in [0.25, 0.3) is 87.9 Å². The molecule has 3 nitrogen and oxygen atoms in total. The molecule has 0 N–H and O–H groups in total. The van der Waals surface area contributed by atoms with Crippen molar-refractivity contribution in [3.05, 3.63) is 186 Å². The molecule has 0 amide bonds. The van der Waals surface area contributed by atoms with Crippen LogP contribution in [0.3, 0.4) is 0 Å². The minimum absolute atomic E-state index is 0.0991. The Kier molecular flexibility index (Phi) is 5.91. The number of hydrogen-bond acceptors (Lipinski definition) is 2. The number of furan rings is 1. The van der Waals surface area contributed by atoms with Gasteiger partial charge in [-0.25, -0.2) is 0 Å². The lowest BCUT2D eigenvalue weighted by Gasteiger charge is -2.41. The van der Waals surface area contributed by atoms with Gasteiger partial charge in [0.05, 0.1) is 5.69 Å². The summed E-state index contributed by atoms with van der Waals surface area (Å²) in [5.41, 5.74) is 23.5. The first kappa shape index (κ1) is 33.4. The molecule has 2 aliphatic carbocycles. The number of hydrogen-bond donors (Lipinski definition) is 0. The second-order valence-electron chi connectivity index (χ2n) is 19.2. The summed E-state index contributed by atoms with van der Waals surface area (Å²) < 4.78 is 9.89. The first-order valence-corrected chi connectivity index (χ1v) is 22.0. The number of anilines is 3. The molecule has 0 unspecified atom stereocenters. The Hall–Kier alpha value is -7.30. The van der Waals surface area contributed by atoms with Gasteiger partial charge in [-0.15, -0.1) is 0 Å². The zero-order valence-electron chi connectivity index (χ0n) is 35.0. The predicted molar refractivity (Wildman–Crippen MR) is 260 cm³/mol. The van der Waals surface area contributed by atoms with Gasteiger partial charge in [-0.2, -0.15) is 0 Å². The monoisotopic (exact) mass is 790 g/mol. The van der Waals surface area contributed by atoms with Crippen molar-refractivity contribution in [1.29, 1.82) is 0 Å². The molecule has 2 aromatic heterocycles. The first-order chi connectivity index (χ1) is 30.3. The predicted octanol–water partition coefficient (Wildman–Crippen LogP) is 13.9. The van der Waals surface area contributed by atoms with Crippen LogP contribution in [-0.4, -0.2) is 11.3 Å². The number of rotatable bonds is 1. The largest absolute Gasteiger partial charge is 0.454 e. The van der Waals surface area contributed by atoms with E-state index >= 15 is 0 Å². The molecule has 0 fully saturated rings. The smallest absolute Gasteiger partial charge is 0.333 e. The SMILES string of the molecule is CC1(C)c2ccccc2-c2cc(N3c4cc5c(cc4B4c6c(cc7c(oc8ccccc87)c63)-c3cccc6c7cc8ccccc8cc7n4c36)C(C)(C)c3ccccc3-5)ccc21. The Morgan fingerprint density at radius 1 is 0.468 bits per heavy atom. The van der Waals surface area contributed by atoms with Crippen molar-refractivity contribution in [1.82, 2.24) is 4.48 Å². The van der Waals surface area contributed by atoms with Crippen LogP contribution in [0.5, 0.6) is 0 Å². The van der Waals surface area contributed by atoms with E-state index in [1.165, 1.54) is 105 Å². The van der Waals surface area contributed by atoms with E-state index in [-0.39, 0.29) is 17.7 Å². The van der Waals surface area contributed by atoms with Crippen LogP contribution in [0, 0.1) is 0 Å². The highest BCUT2D eigenvalue weighted by molar-refractivity contribution is 6.90. The molecular weight excluding hydrogens is 751 g/mol. The van der Waals surface area contributed by atoms with Crippen molar-refractivity contribution in [2.24, 2.45) is 0 Å². The van der Waals surface area contributed by atoms with Crippen LogP contribution in [0.4, 0.5) is 17.1 Å². The van der Waals surface area contributed by atoms with E-state index < -0.39 is 0 Å². The summed E-state index contributed by atoms with van der Waals surface area (Å²) in [6, 6.07) is 62.1. The summed E-state index contributed by atoms with van der Waals surface area (Å²) in [7, 11) is 0. The quantitative estimate of drug-likeness (QED) is 0.154. The molecule has 62 heavy (non-hydrogen) atoms. The molecule has 15 rings (SSSR count). The normalized spacial score (nSPS) is 15.6. The second-order valence-corrected chi connectivity index (χ2v) is 19.2. The number of fused-ring (bicyclic) bond motifs is 18. The Balaban J connectivity index is 1.14. The fourth-order valence-corrected chi connectivity index (χ4v) is 12.7. The minimum Gasteiger partial charge on any atom is -0.454 e. The van der Waals surface area contributed by atoms with E-state index in [1.54, 1.807) is 0 Å². The maximum Gasteiger partial charge on any atom is 0.333 e. The third-order valence-corrected chi connectivity index (χ3v) is 15.5. The van der Waals surface area contributed by atoms with E-state index in [4.69, 9.17) is 4.42 Å². The summed E-state index contributed by atoms with van der Waals surface area (Å²) in [6.07, 6.45) is 0. The first-order valence-electron chi connectivity index (χ1n) is 22.0. The molecule has 0 spiro atoms. The maximum atomic E-state index is 7.19. The summed E-state index contributed by atoms with van der Waals surface area (Å²) in [5.74, 6) is 0. The van der Waals surface area contributed by atoms with Crippen LogP contribution >= 0.6 is 0 Å². The van der Waals surface area contributed by atoms with E-state index in [9.17, 15) is 0 Å². The summed E-state index contributed by atoms with van der Waals surface area (Å²) in [6.45, 7) is 9.45. The lowest BCUT2D eigenvalue weighted by molar-refractivity contribution is 0.660. The van der Waals surface area contributed by atoms with Crippen molar-refractivity contribution in [2.75, 3.05) is 4.90 Å². The van der Waals surface area contributed by atoms with Gasteiger partial charge in [0.15, 0.2) is 5.58 Å². The zero-order valence-corrected chi connectivity index (χ0v) is 35.0. The number of benzene rings is 9. The van der Waals surface area contributed by atoms with Gasteiger partial charge < -0.3 is 13.8 Å². The van der Waals surface area contributed by atoms with Gasteiger partial charge in [0.25, 0.3) is 0 Å². The van der Waals surface area contributed by atoms with E-state index in [1.807, 2.05) is 0 Å². The molecule has 4 heteroatoms. The average Bonchev–Trinajstić information content (AvgIpc) is 3.97. The van der Waals surface area contributed by atoms with Gasteiger partial charge in [0.2, 0.25) is 0 Å². The highest BCUT2D eigenvalue weighted by Gasteiger charge is 2.47. The van der Waals surface area contributed by atoms with Crippen LogP contribution in [-0.2, 0) is 10.8 Å². The number of para-hydroxylation sites is 2. The van der Waals surface area contributed by atoms with E-state index in [0.29, 0.717) is 0 Å². The molecule has 0 bridgehead atoms. The van der Waals surface area contributed by atoms with Crippen LogP contribution in [0.2, 0.25) is 0 Å².